The maximum Gasteiger partial charge on any atom is 0.268 e. The Balaban J connectivity index is 1.55. The zero-order valence-electron chi connectivity index (χ0n) is 13.4. The van der Waals surface area contributed by atoms with E-state index in [1.807, 2.05) is 36.1 Å². The van der Waals surface area contributed by atoms with Crippen LogP contribution in [0.15, 0.2) is 43.0 Å². The lowest BCUT2D eigenvalue weighted by Crippen LogP contribution is -2.37. The smallest absolute Gasteiger partial charge is 0.268 e. The van der Waals surface area contributed by atoms with Crippen molar-refractivity contribution in [2.75, 3.05) is 6.61 Å². The molecule has 1 N–H and O–H groups in total. The van der Waals surface area contributed by atoms with E-state index in [-0.39, 0.29) is 18.1 Å². The number of hydrogen-bond donors (Lipinski definition) is 1. The average Bonchev–Trinajstić information content (AvgIpc) is 3.33. The van der Waals surface area contributed by atoms with Crippen molar-refractivity contribution in [1.82, 2.24) is 24.5 Å². The zero-order chi connectivity index (χ0) is 16.5. The van der Waals surface area contributed by atoms with Crippen molar-refractivity contribution in [3.63, 3.8) is 0 Å². The highest BCUT2D eigenvalue weighted by Gasteiger charge is 2.32. The molecule has 3 aromatic heterocycles. The van der Waals surface area contributed by atoms with E-state index in [9.17, 15) is 4.79 Å². The van der Waals surface area contributed by atoms with E-state index >= 15 is 0 Å². The van der Waals surface area contributed by atoms with Crippen molar-refractivity contribution in [1.29, 1.82) is 0 Å². The largest absolute Gasteiger partial charge is 0.371 e. The van der Waals surface area contributed by atoms with Crippen molar-refractivity contribution in [3.05, 3.63) is 54.2 Å². The van der Waals surface area contributed by atoms with Crippen molar-refractivity contribution in [2.45, 2.75) is 32.0 Å². The molecule has 1 fully saturated rings. The number of amides is 1. The highest BCUT2D eigenvalue weighted by molar-refractivity contribution is 5.93. The number of aryl methyl sites for hydroxylation is 1. The number of carbonyl (C=O) groups excluding carboxylic acids is 1. The number of nitrogens with one attached hydrogen (secondary N) is 1. The van der Waals surface area contributed by atoms with Gasteiger partial charge in [0.1, 0.15) is 17.4 Å². The van der Waals surface area contributed by atoms with Crippen LogP contribution in [0.5, 0.6) is 0 Å². The van der Waals surface area contributed by atoms with E-state index < -0.39 is 0 Å². The molecule has 4 rings (SSSR count). The first kappa shape index (κ1) is 14.9. The van der Waals surface area contributed by atoms with Gasteiger partial charge in [-0.05, 0) is 25.5 Å². The molecule has 7 heteroatoms. The quantitative estimate of drug-likeness (QED) is 0.794. The lowest BCUT2D eigenvalue weighted by molar-refractivity contribution is 0.0817. The molecule has 2 atom stereocenters. The highest BCUT2D eigenvalue weighted by Crippen LogP contribution is 2.29. The number of ether oxygens (including phenoxy) is 1. The van der Waals surface area contributed by atoms with Gasteiger partial charge in [-0.3, -0.25) is 13.9 Å². The van der Waals surface area contributed by atoms with Crippen LogP contribution in [0.4, 0.5) is 0 Å². The molecule has 1 aliphatic rings. The minimum Gasteiger partial charge on any atom is -0.371 e. The van der Waals surface area contributed by atoms with Gasteiger partial charge in [0.25, 0.3) is 5.91 Å². The lowest BCUT2D eigenvalue weighted by Gasteiger charge is -2.19. The summed E-state index contributed by atoms with van der Waals surface area (Å²) in [5.74, 6) is -0.123. The molecule has 0 unspecified atom stereocenters. The van der Waals surface area contributed by atoms with E-state index in [0.29, 0.717) is 12.3 Å². The molecule has 0 radical (unpaired) electrons. The van der Waals surface area contributed by atoms with Crippen LogP contribution in [0.2, 0.25) is 0 Å². The van der Waals surface area contributed by atoms with Crippen LogP contribution in [0.25, 0.3) is 5.65 Å². The third kappa shape index (κ3) is 2.56. The van der Waals surface area contributed by atoms with Gasteiger partial charge in [0.15, 0.2) is 0 Å². The number of aromatic nitrogens is 4. The van der Waals surface area contributed by atoms with Crippen molar-refractivity contribution < 1.29 is 9.53 Å². The van der Waals surface area contributed by atoms with Gasteiger partial charge in [-0.25, -0.2) is 4.98 Å². The van der Waals surface area contributed by atoms with Gasteiger partial charge in [0.05, 0.1) is 12.2 Å². The maximum atomic E-state index is 12.7. The number of nitrogens with zero attached hydrogens (tertiary/aromatic N) is 4. The van der Waals surface area contributed by atoms with Gasteiger partial charge in [-0.2, -0.15) is 5.10 Å². The van der Waals surface area contributed by atoms with Gasteiger partial charge in [-0.1, -0.05) is 6.07 Å². The van der Waals surface area contributed by atoms with Crippen molar-refractivity contribution in [2.24, 2.45) is 0 Å². The second-order valence-corrected chi connectivity index (χ2v) is 5.86. The van der Waals surface area contributed by atoms with E-state index in [4.69, 9.17) is 4.74 Å². The first-order chi connectivity index (χ1) is 11.8. The fourth-order valence-corrected chi connectivity index (χ4v) is 3.14. The van der Waals surface area contributed by atoms with Crippen molar-refractivity contribution >= 4 is 11.6 Å². The van der Waals surface area contributed by atoms with Crippen LogP contribution in [-0.2, 0) is 11.3 Å². The Morgan fingerprint density at radius 2 is 2.38 bits per heavy atom. The Hall–Kier alpha value is -2.67. The molecule has 1 aliphatic heterocycles. The minimum atomic E-state index is -0.156. The molecule has 0 aliphatic carbocycles. The average molecular weight is 325 g/mol. The van der Waals surface area contributed by atoms with Crippen LogP contribution < -0.4 is 5.32 Å². The lowest BCUT2D eigenvalue weighted by atomic mass is 10.1. The molecular weight excluding hydrogens is 306 g/mol. The Kier molecular flexibility index (Phi) is 3.78. The minimum absolute atomic E-state index is 0.0641. The Bertz CT molecular complexity index is 869. The number of imidazole rings is 1. The van der Waals surface area contributed by atoms with Gasteiger partial charge in [-0.15, -0.1) is 0 Å². The normalized spacial score (nSPS) is 20.5. The maximum absolute atomic E-state index is 12.7. The second kappa shape index (κ2) is 6.09. The zero-order valence-corrected chi connectivity index (χ0v) is 13.4. The molecule has 0 aromatic carbocycles. The molecule has 1 amide bonds. The number of carbonyl (C=O) groups is 1. The number of pyridine rings is 1. The summed E-state index contributed by atoms with van der Waals surface area (Å²) in [5, 5.41) is 7.40. The third-order valence-electron chi connectivity index (χ3n) is 4.37. The number of hydrogen-bond acceptors (Lipinski definition) is 4. The van der Waals surface area contributed by atoms with Crippen LogP contribution in [0, 0.1) is 0 Å². The molecule has 124 valence electrons. The van der Waals surface area contributed by atoms with Crippen LogP contribution in [-0.4, -0.2) is 37.7 Å². The van der Waals surface area contributed by atoms with Gasteiger partial charge < -0.3 is 10.1 Å². The van der Waals surface area contributed by atoms with Crippen molar-refractivity contribution in [3.8, 4) is 0 Å². The summed E-state index contributed by atoms with van der Waals surface area (Å²) >= 11 is 0. The molecule has 3 aromatic rings. The van der Waals surface area contributed by atoms with E-state index in [0.717, 1.165) is 24.2 Å². The molecule has 4 heterocycles. The van der Waals surface area contributed by atoms with Crippen LogP contribution >= 0.6 is 0 Å². The Labute approximate surface area is 139 Å². The summed E-state index contributed by atoms with van der Waals surface area (Å²) in [6.07, 6.45) is 7.90. The fourth-order valence-electron chi connectivity index (χ4n) is 3.14. The summed E-state index contributed by atoms with van der Waals surface area (Å²) in [6.45, 7) is 3.48. The topological polar surface area (TPSA) is 73.5 Å². The first-order valence-electron chi connectivity index (χ1n) is 8.13. The van der Waals surface area contributed by atoms with Gasteiger partial charge in [0, 0.05) is 37.3 Å². The summed E-state index contributed by atoms with van der Waals surface area (Å²) < 4.78 is 9.48. The highest BCUT2D eigenvalue weighted by atomic mass is 16.5. The molecule has 0 saturated carbocycles. The van der Waals surface area contributed by atoms with Gasteiger partial charge >= 0.3 is 0 Å². The van der Waals surface area contributed by atoms with E-state index in [2.05, 4.69) is 15.4 Å². The third-order valence-corrected chi connectivity index (χ3v) is 4.37. The number of rotatable bonds is 4. The van der Waals surface area contributed by atoms with E-state index in [1.54, 1.807) is 22.9 Å². The fraction of sp³-hybridized carbons (Fsp3) is 0.353. The standard InChI is InChI=1S/C17H19N5O2/c1-2-21-11-12(10-19-21)16-13(6-9-24-16)20-17(23)14-4-3-5-15-18-7-8-22(14)15/h3-5,7-8,10-11,13,16H,2,6,9H2,1H3,(H,20,23)/t13-,16+/m0/s1. The molecule has 0 bridgehead atoms. The summed E-state index contributed by atoms with van der Waals surface area (Å²) in [5.41, 5.74) is 2.33. The SMILES string of the molecule is CCn1cc([C@H]2OCC[C@@H]2NC(=O)c2cccc3nccn23)cn1. The van der Waals surface area contributed by atoms with Crippen LogP contribution in [0.1, 0.15) is 35.5 Å². The second-order valence-electron chi connectivity index (χ2n) is 5.86. The first-order valence-corrected chi connectivity index (χ1v) is 8.13. The van der Waals surface area contributed by atoms with E-state index in [1.165, 1.54) is 0 Å². The van der Waals surface area contributed by atoms with Gasteiger partial charge in [0.2, 0.25) is 0 Å². The molecule has 0 spiro atoms. The molecule has 24 heavy (non-hydrogen) atoms. The number of fused-ring (bicyclic) bond motifs is 1. The monoisotopic (exact) mass is 325 g/mol. The molecule has 7 nitrogen and oxygen atoms in total. The Morgan fingerprint density at radius 1 is 1.46 bits per heavy atom. The summed E-state index contributed by atoms with van der Waals surface area (Å²) in [6, 6.07) is 5.44. The summed E-state index contributed by atoms with van der Waals surface area (Å²) in [4.78, 5) is 16.9. The van der Waals surface area contributed by atoms with Crippen LogP contribution in [0.3, 0.4) is 0 Å². The molecule has 1 saturated heterocycles. The Morgan fingerprint density at radius 3 is 3.21 bits per heavy atom. The summed E-state index contributed by atoms with van der Waals surface area (Å²) in [7, 11) is 0. The predicted octanol–water partition coefficient (Wildman–Crippen LogP) is 1.81. The predicted molar refractivity (Wildman–Crippen MR) is 87.7 cm³/mol. The molecular formula is C17H19N5O2.